The third-order valence-electron chi connectivity index (χ3n) is 18.9. The molecule has 0 aromatic carbocycles. The lowest BCUT2D eigenvalue weighted by molar-refractivity contribution is -0.366. The van der Waals surface area contributed by atoms with Crippen molar-refractivity contribution in [2.24, 2.45) is 50.2 Å². The molecule has 0 aromatic heterocycles. The number of fused-ring (bicyclic) bond motifs is 7. The molecule has 0 radical (unpaired) electrons. The first-order valence-electron chi connectivity index (χ1n) is 23.7. The summed E-state index contributed by atoms with van der Waals surface area (Å²) in [6.07, 6.45) is -13.7. The second kappa shape index (κ2) is 17.2. The molecule has 0 spiro atoms. The van der Waals surface area contributed by atoms with E-state index in [1.54, 1.807) is 0 Å². The van der Waals surface area contributed by atoms with Crippen LogP contribution in [0, 0.1) is 50.2 Å². The first-order valence-corrected chi connectivity index (χ1v) is 23.7. The Morgan fingerprint density at radius 3 is 2.06 bits per heavy atom. The number of carboxylic acids is 1. The fourth-order valence-electron chi connectivity index (χ4n) is 14.7. The summed E-state index contributed by atoms with van der Waals surface area (Å²) in [6.45, 7) is 14.9. The van der Waals surface area contributed by atoms with E-state index < -0.39 is 121 Å². The lowest BCUT2D eigenvalue weighted by Crippen LogP contribution is -2.67. The number of allylic oxidation sites excluding steroid dienone is 2. The topological polar surface area (TPSA) is 292 Å². The maximum Gasteiger partial charge on any atom is 0.335 e. The largest absolute Gasteiger partial charge is 0.479 e. The average Bonchev–Trinajstić information content (AvgIpc) is 3.24. The van der Waals surface area contributed by atoms with Gasteiger partial charge in [-0.05, 0) is 109 Å². The lowest BCUT2D eigenvalue weighted by Gasteiger charge is -2.71. The molecule has 8 rings (SSSR count). The van der Waals surface area contributed by atoms with Gasteiger partial charge in [0.25, 0.3) is 0 Å². The maximum absolute atomic E-state index is 14.7. The van der Waals surface area contributed by atoms with Crippen molar-refractivity contribution in [1.82, 2.24) is 0 Å². The zero-order chi connectivity index (χ0) is 47.6. The Balaban J connectivity index is 1.05. The Morgan fingerprint density at radius 2 is 1.38 bits per heavy atom. The van der Waals surface area contributed by atoms with Gasteiger partial charge in [-0.3, -0.25) is 4.79 Å². The van der Waals surface area contributed by atoms with Gasteiger partial charge in [-0.15, -0.1) is 0 Å². The van der Waals surface area contributed by atoms with E-state index in [0.717, 1.165) is 44.9 Å². The highest BCUT2D eigenvalue weighted by Crippen LogP contribution is 2.76. The predicted octanol–water partition coefficient (Wildman–Crippen LogP) is 0.872. The highest BCUT2D eigenvalue weighted by Gasteiger charge is 2.70. The molecule has 0 unspecified atom stereocenters. The quantitative estimate of drug-likeness (QED) is 0.0918. The standard InChI is InChI=1S/C47H74O18/c1-42(2)14-16-47(41(59)65-39-34(56)30(52)29(51)24(19-48)61-39)17-15-45(6)21(22(47)18-42)8-9-26-44(5)12-11-27(43(3,4)25(44)10-13-46(26,45)7)62-40-36(32(54)31(53)35(63-40)37(57)58)64-38-33(55)28(50)23(49)20-60-38/h8,22-36,38-40,48-56H,9-20H2,1-7H3,(H,57,58)/t22-,23+,24+,25-,26+,27-,28-,29+,30-,31-,32-,33+,34+,35-,36+,38-,39-,40+,44-,45-,46+,47-/m0/s1. The molecule has 7 fully saturated rings. The third-order valence-corrected chi connectivity index (χ3v) is 18.9. The first-order chi connectivity index (χ1) is 30.3. The van der Waals surface area contributed by atoms with E-state index in [0.29, 0.717) is 19.3 Å². The second-order valence-corrected chi connectivity index (χ2v) is 23.1. The van der Waals surface area contributed by atoms with Gasteiger partial charge in [0.05, 0.1) is 24.7 Å². The monoisotopic (exact) mass is 926 g/mol. The summed E-state index contributed by atoms with van der Waals surface area (Å²) in [5.74, 6) is -1.83. The van der Waals surface area contributed by atoms with Crippen LogP contribution in [-0.2, 0) is 38.0 Å². The van der Waals surface area contributed by atoms with E-state index in [2.05, 4.69) is 54.5 Å². The summed E-state index contributed by atoms with van der Waals surface area (Å²) in [6, 6.07) is 0. The molecule has 3 aliphatic heterocycles. The number of aliphatic hydroxyl groups excluding tert-OH is 9. The number of carbonyl (C=O) groups is 2. The van der Waals surface area contributed by atoms with Crippen molar-refractivity contribution in [2.75, 3.05) is 13.2 Å². The summed E-state index contributed by atoms with van der Waals surface area (Å²) in [7, 11) is 0. The number of carbonyl (C=O) groups excluding carboxylic acids is 1. The summed E-state index contributed by atoms with van der Waals surface area (Å²) in [5, 5.41) is 105. The summed E-state index contributed by atoms with van der Waals surface area (Å²) in [5.41, 5.74) is -0.900. The van der Waals surface area contributed by atoms with Gasteiger partial charge in [0, 0.05) is 0 Å². The minimum Gasteiger partial charge on any atom is -0.479 e. The Morgan fingerprint density at radius 1 is 0.708 bits per heavy atom. The van der Waals surface area contributed by atoms with E-state index in [1.165, 1.54) is 5.57 Å². The van der Waals surface area contributed by atoms with Crippen LogP contribution in [0.5, 0.6) is 0 Å². The minimum atomic E-state index is -1.92. The molecule has 10 N–H and O–H groups in total. The van der Waals surface area contributed by atoms with Crippen LogP contribution < -0.4 is 0 Å². The van der Waals surface area contributed by atoms with Crippen molar-refractivity contribution in [3.05, 3.63) is 11.6 Å². The van der Waals surface area contributed by atoms with Gasteiger partial charge in [-0.25, -0.2) is 4.79 Å². The van der Waals surface area contributed by atoms with E-state index in [4.69, 9.17) is 28.4 Å². The SMILES string of the molecule is CC1(C)CC[C@]2(C(=O)O[C@@H]3O[C@H](CO)[C@@H](O)[C@H](O)[C@H]3O)CC[C@@]3(C)C(=CC[C@@H]4[C@@]5(C)CC[C@H](O[C@@H]6O[C@H](C(=O)O)[C@@H](O)[C@H](O)[C@H]6O[C@@H]6OC[C@@H](O)[C@H](O)[C@H]6O)C(C)(C)[C@@H]5CC[C@]43C)[C@@H]2C1. The Kier molecular flexibility index (Phi) is 13.1. The molecule has 3 saturated heterocycles. The predicted molar refractivity (Wildman–Crippen MR) is 225 cm³/mol. The van der Waals surface area contributed by atoms with E-state index in [-0.39, 0.29) is 46.0 Å². The van der Waals surface area contributed by atoms with Gasteiger partial charge < -0.3 is 79.5 Å². The number of esters is 1. The van der Waals surface area contributed by atoms with Gasteiger partial charge in [0.2, 0.25) is 6.29 Å². The first kappa shape index (κ1) is 49.5. The Bertz CT molecular complexity index is 1820. The lowest BCUT2D eigenvalue weighted by atomic mass is 9.33. The van der Waals surface area contributed by atoms with Crippen molar-refractivity contribution in [2.45, 2.75) is 205 Å². The highest BCUT2D eigenvalue weighted by atomic mass is 16.8. The van der Waals surface area contributed by atoms with E-state index in [1.807, 2.05) is 0 Å². The van der Waals surface area contributed by atoms with Gasteiger partial charge in [-0.2, -0.15) is 0 Å². The van der Waals surface area contributed by atoms with Crippen LogP contribution in [0.1, 0.15) is 113 Å². The number of rotatable bonds is 8. The van der Waals surface area contributed by atoms with Crippen molar-refractivity contribution < 1.29 is 89.1 Å². The van der Waals surface area contributed by atoms with Gasteiger partial charge >= 0.3 is 11.9 Å². The van der Waals surface area contributed by atoms with Gasteiger partial charge in [0.1, 0.15) is 61.0 Å². The van der Waals surface area contributed by atoms with Crippen LogP contribution in [-0.4, -0.2) is 168 Å². The van der Waals surface area contributed by atoms with E-state index in [9.17, 15) is 60.7 Å². The fourth-order valence-corrected chi connectivity index (χ4v) is 14.7. The molecule has 8 aliphatic rings. The van der Waals surface area contributed by atoms with Crippen LogP contribution in [0.4, 0.5) is 0 Å². The second-order valence-electron chi connectivity index (χ2n) is 23.1. The van der Waals surface area contributed by atoms with E-state index >= 15 is 0 Å². The fraction of sp³-hybridized carbons (Fsp3) is 0.915. The van der Waals surface area contributed by atoms with Crippen molar-refractivity contribution in [3.8, 4) is 0 Å². The molecule has 0 amide bonds. The smallest absolute Gasteiger partial charge is 0.335 e. The number of aliphatic carboxylic acids is 1. The van der Waals surface area contributed by atoms with Crippen molar-refractivity contribution in [1.29, 1.82) is 0 Å². The molecular formula is C47H74O18. The molecule has 4 saturated carbocycles. The zero-order valence-corrected chi connectivity index (χ0v) is 38.7. The van der Waals surface area contributed by atoms with Crippen LogP contribution in [0.2, 0.25) is 0 Å². The number of carboxylic acid groups (broad SMARTS) is 1. The number of hydrogen-bond acceptors (Lipinski definition) is 17. The van der Waals surface area contributed by atoms with Crippen molar-refractivity contribution in [3.63, 3.8) is 0 Å². The van der Waals surface area contributed by atoms with Gasteiger partial charge in [-0.1, -0.05) is 60.1 Å². The van der Waals surface area contributed by atoms with Gasteiger partial charge in [0.15, 0.2) is 18.7 Å². The van der Waals surface area contributed by atoms with Crippen LogP contribution >= 0.6 is 0 Å². The molecule has 5 aliphatic carbocycles. The summed E-state index contributed by atoms with van der Waals surface area (Å²) < 4.78 is 35.5. The number of ether oxygens (including phenoxy) is 6. The zero-order valence-electron chi connectivity index (χ0n) is 38.7. The molecule has 65 heavy (non-hydrogen) atoms. The molecule has 0 bridgehead atoms. The summed E-state index contributed by atoms with van der Waals surface area (Å²) >= 11 is 0. The molecule has 0 aromatic rings. The van der Waals surface area contributed by atoms with Crippen LogP contribution in [0.15, 0.2) is 11.6 Å². The molecular weight excluding hydrogens is 852 g/mol. The van der Waals surface area contributed by atoms with Crippen molar-refractivity contribution >= 4 is 11.9 Å². The van der Waals surface area contributed by atoms with Crippen LogP contribution in [0.3, 0.4) is 0 Å². The summed E-state index contributed by atoms with van der Waals surface area (Å²) in [4.78, 5) is 26.9. The molecule has 3 heterocycles. The number of aliphatic hydroxyl groups is 9. The van der Waals surface area contributed by atoms with Crippen LogP contribution in [0.25, 0.3) is 0 Å². The Labute approximate surface area is 380 Å². The normalized spacial score (nSPS) is 52.7. The average molecular weight is 927 g/mol. The molecule has 18 nitrogen and oxygen atoms in total. The number of hydrogen-bond donors (Lipinski definition) is 10. The third kappa shape index (κ3) is 7.76. The minimum absolute atomic E-state index is 0.0713. The molecule has 370 valence electrons. The molecule has 22 atom stereocenters. The maximum atomic E-state index is 14.7. The highest BCUT2D eigenvalue weighted by molar-refractivity contribution is 5.79. The Hall–Kier alpha value is -1.88. The molecule has 18 heteroatoms.